The number of hydrogen-bond acceptors (Lipinski definition) is 4. The van der Waals surface area contributed by atoms with E-state index in [9.17, 15) is 0 Å². The van der Waals surface area contributed by atoms with Gasteiger partial charge in [-0.25, -0.2) is 0 Å². The van der Waals surface area contributed by atoms with Crippen LogP contribution in [-0.4, -0.2) is 43.5 Å². The molecule has 0 spiro atoms. The van der Waals surface area contributed by atoms with E-state index in [-0.39, 0.29) is 0 Å². The van der Waals surface area contributed by atoms with Crippen LogP contribution < -0.4 is 5.73 Å². The highest BCUT2D eigenvalue weighted by Crippen LogP contribution is 2.22. The number of rotatable bonds is 4. The molecule has 1 aliphatic heterocycles. The van der Waals surface area contributed by atoms with Gasteiger partial charge < -0.3 is 10.5 Å². The highest BCUT2D eigenvalue weighted by molar-refractivity contribution is 7.99. The number of benzene rings is 1. The number of hydrogen-bond donors (Lipinski definition) is 1. The first kappa shape index (κ1) is 12.7. The summed E-state index contributed by atoms with van der Waals surface area (Å²) in [6, 6.07) is 6.26. The van der Waals surface area contributed by atoms with Gasteiger partial charge in [0, 0.05) is 36.0 Å². The summed E-state index contributed by atoms with van der Waals surface area (Å²) < 4.78 is 5.33. The Hall–Kier alpha value is -0.710. The molecule has 2 N–H and O–H groups in total. The SMILES string of the molecule is Cc1cc(SCCN2CCOCC2)ccc1N. The van der Waals surface area contributed by atoms with Crippen molar-refractivity contribution in [3.8, 4) is 0 Å². The molecule has 1 aromatic rings. The minimum Gasteiger partial charge on any atom is -0.399 e. The summed E-state index contributed by atoms with van der Waals surface area (Å²) in [6.45, 7) is 7.10. The molecule has 0 amide bonds. The van der Waals surface area contributed by atoms with Gasteiger partial charge in [0.25, 0.3) is 0 Å². The van der Waals surface area contributed by atoms with Crippen LogP contribution in [0.5, 0.6) is 0 Å². The average Bonchev–Trinajstić information content (AvgIpc) is 2.35. The molecule has 0 bridgehead atoms. The number of nitrogens with zero attached hydrogens (tertiary/aromatic N) is 1. The van der Waals surface area contributed by atoms with Crippen LogP contribution >= 0.6 is 11.8 Å². The van der Waals surface area contributed by atoms with E-state index >= 15 is 0 Å². The maximum atomic E-state index is 5.80. The third kappa shape index (κ3) is 3.91. The minimum atomic E-state index is 0.877. The molecule has 2 rings (SSSR count). The van der Waals surface area contributed by atoms with E-state index < -0.39 is 0 Å². The van der Waals surface area contributed by atoms with Crippen LogP contribution in [0.15, 0.2) is 23.1 Å². The van der Waals surface area contributed by atoms with Crippen LogP contribution in [0, 0.1) is 6.92 Å². The number of aryl methyl sites for hydroxylation is 1. The monoisotopic (exact) mass is 252 g/mol. The normalized spacial score (nSPS) is 17.2. The van der Waals surface area contributed by atoms with E-state index in [1.54, 1.807) is 0 Å². The Morgan fingerprint density at radius 2 is 2.12 bits per heavy atom. The fourth-order valence-corrected chi connectivity index (χ4v) is 2.86. The van der Waals surface area contributed by atoms with Crippen molar-refractivity contribution in [1.82, 2.24) is 4.90 Å². The molecule has 1 heterocycles. The molecule has 1 fully saturated rings. The summed E-state index contributed by atoms with van der Waals surface area (Å²) in [5.74, 6) is 1.13. The molecular formula is C13H20N2OS. The first-order valence-corrected chi connectivity index (χ1v) is 7.03. The topological polar surface area (TPSA) is 38.5 Å². The molecular weight excluding hydrogens is 232 g/mol. The summed E-state index contributed by atoms with van der Waals surface area (Å²) in [5.41, 5.74) is 7.85. The molecule has 4 heteroatoms. The second-order valence-corrected chi connectivity index (χ2v) is 5.49. The smallest absolute Gasteiger partial charge is 0.0594 e. The van der Waals surface area contributed by atoms with Gasteiger partial charge >= 0.3 is 0 Å². The lowest BCUT2D eigenvalue weighted by Gasteiger charge is -2.26. The Morgan fingerprint density at radius 3 is 2.82 bits per heavy atom. The van der Waals surface area contributed by atoms with Crippen LogP contribution in [-0.2, 0) is 4.74 Å². The molecule has 1 aromatic carbocycles. The van der Waals surface area contributed by atoms with Gasteiger partial charge in [-0.2, -0.15) is 0 Å². The summed E-state index contributed by atoms with van der Waals surface area (Å²) in [5, 5.41) is 0. The zero-order chi connectivity index (χ0) is 12.1. The summed E-state index contributed by atoms with van der Waals surface area (Å²) in [6.07, 6.45) is 0. The second kappa shape index (κ2) is 6.28. The molecule has 0 saturated carbocycles. The van der Waals surface area contributed by atoms with Crippen LogP contribution in [0.2, 0.25) is 0 Å². The number of morpholine rings is 1. The number of nitrogen functional groups attached to an aromatic ring is 1. The van der Waals surface area contributed by atoms with Crippen molar-refractivity contribution in [1.29, 1.82) is 0 Å². The quantitative estimate of drug-likeness (QED) is 0.657. The van der Waals surface area contributed by atoms with Crippen LogP contribution in [0.25, 0.3) is 0 Å². The van der Waals surface area contributed by atoms with Gasteiger partial charge in [-0.3, -0.25) is 4.90 Å². The Balaban J connectivity index is 1.75. The highest BCUT2D eigenvalue weighted by atomic mass is 32.2. The van der Waals surface area contributed by atoms with Crippen molar-refractivity contribution in [2.75, 3.05) is 44.3 Å². The predicted octanol–water partition coefficient (Wildman–Crippen LogP) is 2.00. The minimum absolute atomic E-state index is 0.877. The summed E-state index contributed by atoms with van der Waals surface area (Å²) in [4.78, 5) is 3.77. The van der Waals surface area contributed by atoms with Gasteiger partial charge in [0.1, 0.15) is 0 Å². The molecule has 0 aliphatic carbocycles. The van der Waals surface area contributed by atoms with Gasteiger partial charge in [-0.05, 0) is 30.7 Å². The lowest BCUT2D eigenvalue weighted by atomic mass is 10.2. The van der Waals surface area contributed by atoms with Crippen LogP contribution in [0.3, 0.4) is 0 Å². The number of anilines is 1. The Kier molecular flexibility index (Phi) is 4.71. The van der Waals surface area contributed by atoms with E-state index in [2.05, 4.69) is 24.0 Å². The van der Waals surface area contributed by atoms with Crippen molar-refractivity contribution in [2.45, 2.75) is 11.8 Å². The number of ether oxygens (including phenoxy) is 1. The third-order valence-corrected chi connectivity index (χ3v) is 4.00. The van der Waals surface area contributed by atoms with Crippen LogP contribution in [0.4, 0.5) is 5.69 Å². The highest BCUT2D eigenvalue weighted by Gasteiger charge is 2.09. The number of nitrogens with two attached hydrogens (primary N) is 1. The van der Waals surface area contributed by atoms with E-state index in [1.807, 2.05) is 17.8 Å². The van der Waals surface area contributed by atoms with Gasteiger partial charge in [0.05, 0.1) is 13.2 Å². The van der Waals surface area contributed by atoms with Gasteiger partial charge in [-0.15, -0.1) is 11.8 Å². The van der Waals surface area contributed by atoms with Gasteiger partial charge in [-0.1, -0.05) is 0 Å². The molecule has 0 atom stereocenters. The van der Waals surface area contributed by atoms with E-state index in [1.165, 1.54) is 10.5 Å². The Labute approximate surface area is 107 Å². The lowest BCUT2D eigenvalue weighted by Crippen LogP contribution is -2.37. The summed E-state index contributed by atoms with van der Waals surface area (Å²) in [7, 11) is 0. The molecule has 0 unspecified atom stereocenters. The van der Waals surface area contributed by atoms with E-state index in [0.717, 1.165) is 44.3 Å². The first-order valence-electron chi connectivity index (χ1n) is 6.05. The Bertz CT molecular complexity index is 364. The lowest BCUT2D eigenvalue weighted by molar-refractivity contribution is 0.0410. The molecule has 0 aromatic heterocycles. The van der Waals surface area contributed by atoms with E-state index in [0.29, 0.717) is 0 Å². The molecule has 1 saturated heterocycles. The van der Waals surface area contributed by atoms with Gasteiger partial charge in [0.15, 0.2) is 0 Å². The van der Waals surface area contributed by atoms with Crippen molar-refractivity contribution in [3.05, 3.63) is 23.8 Å². The second-order valence-electron chi connectivity index (χ2n) is 4.32. The van der Waals surface area contributed by atoms with Crippen LogP contribution in [0.1, 0.15) is 5.56 Å². The zero-order valence-corrected chi connectivity index (χ0v) is 11.1. The number of thioether (sulfide) groups is 1. The largest absolute Gasteiger partial charge is 0.399 e. The fourth-order valence-electron chi connectivity index (χ4n) is 1.86. The molecule has 3 nitrogen and oxygen atoms in total. The van der Waals surface area contributed by atoms with Crippen molar-refractivity contribution < 1.29 is 4.74 Å². The molecule has 94 valence electrons. The predicted molar refractivity (Wildman–Crippen MR) is 73.6 cm³/mol. The molecule has 0 radical (unpaired) electrons. The maximum absolute atomic E-state index is 5.80. The first-order chi connectivity index (χ1) is 8.25. The van der Waals surface area contributed by atoms with Crippen molar-refractivity contribution >= 4 is 17.4 Å². The van der Waals surface area contributed by atoms with Crippen molar-refractivity contribution in [3.63, 3.8) is 0 Å². The summed E-state index contributed by atoms with van der Waals surface area (Å²) >= 11 is 1.90. The maximum Gasteiger partial charge on any atom is 0.0594 e. The standard InChI is InChI=1S/C13H20N2OS/c1-11-10-12(2-3-13(11)14)17-9-6-15-4-7-16-8-5-15/h2-3,10H,4-9,14H2,1H3. The molecule has 17 heavy (non-hydrogen) atoms. The van der Waals surface area contributed by atoms with Gasteiger partial charge in [0.2, 0.25) is 0 Å². The fraction of sp³-hybridized carbons (Fsp3) is 0.538. The zero-order valence-electron chi connectivity index (χ0n) is 10.3. The third-order valence-electron chi connectivity index (χ3n) is 3.02. The molecule has 1 aliphatic rings. The average molecular weight is 252 g/mol. The van der Waals surface area contributed by atoms with Crippen molar-refractivity contribution in [2.24, 2.45) is 0 Å². The Morgan fingerprint density at radius 1 is 1.35 bits per heavy atom. The van der Waals surface area contributed by atoms with E-state index in [4.69, 9.17) is 10.5 Å².